The number of halogens is 2. The molecule has 0 amide bonds. The maximum Gasteiger partial charge on any atom is 0.01000 e. The standard InChI is InChI=1S/C7H14BrN.BrH/c8-5-7(6-9)3-1-2-4-7;/h1-6,9H2;1H. The van der Waals surface area contributed by atoms with Gasteiger partial charge in [-0.15, -0.1) is 17.0 Å². The maximum atomic E-state index is 5.65. The van der Waals surface area contributed by atoms with Crippen LogP contribution in [0.15, 0.2) is 0 Å². The van der Waals surface area contributed by atoms with E-state index in [0.29, 0.717) is 5.41 Å². The highest BCUT2D eigenvalue weighted by Crippen LogP contribution is 2.38. The van der Waals surface area contributed by atoms with Gasteiger partial charge in [-0.05, 0) is 24.8 Å². The van der Waals surface area contributed by atoms with Crippen molar-refractivity contribution >= 4 is 32.9 Å². The van der Waals surface area contributed by atoms with Crippen LogP contribution in [0.5, 0.6) is 0 Å². The summed E-state index contributed by atoms with van der Waals surface area (Å²) >= 11 is 3.51. The zero-order valence-electron chi connectivity index (χ0n) is 6.11. The van der Waals surface area contributed by atoms with Gasteiger partial charge in [-0.1, -0.05) is 28.8 Å². The van der Waals surface area contributed by atoms with E-state index in [2.05, 4.69) is 15.9 Å². The van der Waals surface area contributed by atoms with E-state index in [0.717, 1.165) is 11.9 Å². The topological polar surface area (TPSA) is 26.0 Å². The first-order valence-corrected chi connectivity index (χ1v) is 4.71. The monoisotopic (exact) mass is 271 g/mol. The van der Waals surface area contributed by atoms with E-state index >= 15 is 0 Å². The average molecular weight is 273 g/mol. The van der Waals surface area contributed by atoms with Gasteiger partial charge in [0, 0.05) is 5.33 Å². The van der Waals surface area contributed by atoms with Gasteiger partial charge >= 0.3 is 0 Å². The summed E-state index contributed by atoms with van der Waals surface area (Å²) in [5.41, 5.74) is 6.12. The van der Waals surface area contributed by atoms with Crippen molar-refractivity contribution in [3.8, 4) is 0 Å². The minimum atomic E-state index is 0. The van der Waals surface area contributed by atoms with Gasteiger partial charge in [-0.2, -0.15) is 0 Å². The van der Waals surface area contributed by atoms with Crippen LogP contribution in [0.25, 0.3) is 0 Å². The summed E-state index contributed by atoms with van der Waals surface area (Å²) < 4.78 is 0. The number of rotatable bonds is 2. The molecule has 1 saturated carbocycles. The van der Waals surface area contributed by atoms with Gasteiger partial charge in [0.05, 0.1) is 0 Å². The lowest BCUT2D eigenvalue weighted by Crippen LogP contribution is -2.28. The van der Waals surface area contributed by atoms with Crippen LogP contribution < -0.4 is 5.73 Å². The van der Waals surface area contributed by atoms with Crippen LogP contribution in [0.4, 0.5) is 0 Å². The fourth-order valence-electron chi connectivity index (χ4n) is 1.52. The fourth-order valence-corrected chi connectivity index (χ4v) is 2.31. The second-order valence-electron chi connectivity index (χ2n) is 3.04. The molecule has 1 fully saturated rings. The largest absolute Gasteiger partial charge is 0.330 e. The van der Waals surface area contributed by atoms with E-state index in [1.807, 2.05) is 0 Å². The third-order valence-electron chi connectivity index (χ3n) is 2.38. The van der Waals surface area contributed by atoms with Crippen molar-refractivity contribution < 1.29 is 0 Å². The summed E-state index contributed by atoms with van der Waals surface area (Å²) in [7, 11) is 0. The predicted molar refractivity (Wildman–Crippen MR) is 54.1 cm³/mol. The highest BCUT2D eigenvalue weighted by atomic mass is 79.9. The lowest BCUT2D eigenvalue weighted by atomic mass is 9.89. The Kier molecular flexibility index (Phi) is 5.16. The van der Waals surface area contributed by atoms with Crippen molar-refractivity contribution in [2.24, 2.45) is 11.1 Å². The molecule has 1 rings (SSSR count). The second-order valence-corrected chi connectivity index (χ2v) is 3.61. The normalized spacial score (nSPS) is 22.2. The molecule has 0 saturated heterocycles. The first-order valence-electron chi connectivity index (χ1n) is 3.59. The first-order chi connectivity index (χ1) is 4.33. The van der Waals surface area contributed by atoms with E-state index < -0.39 is 0 Å². The smallest absolute Gasteiger partial charge is 0.01000 e. The minimum absolute atomic E-state index is 0. The van der Waals surface area contributed by atoms with Crippen LogP contribution in [0.3, 0.4) is 0 Å². The zero-order chi connectivity index (χ0) is 6.74. The maximum absolute atomic E-state index is 5.65. The van der Waals surface area contributed by atoms with Crippen molar-refractivity contribution in [3.05, 3.63) is 0 Å². The molecular weight excluding hydrogens is 258 g/mol. The van der Waals surface area contributed by atoms with E-state index in [1.165, 1.54) is 25.7 Å². The molecule has 0 atom stereocenters. The zero-order valence-corrected chi connectivity index (χ0v) is 9.41. The molecule has 62 valence electrons. The molecule has 1 aliphatic carbocycles. The molecule has 0 spiro atoms. The van der Waals surface area contributed by atoms with Crippen LogP contribution >= 0.6 is 32.9 Å². The molecule has 0 bridgehead atoms. The van der Waals surface area contributed by atoms with Crippen LogP contribution in [0.2, 0.25) is 0 Å². The molecule has 2 N–H and O–H groups in total. The average Bonchev–Trinajstić information content (AvgIpc) is 2.36. The Hall–Kier alpha value is 0.920. The lowest BCUT2D eigenvalue weighted by molar-refractivity contribution is 0.362. The molecule has 3 heteroatoms. The van der Waals surface area contributed by atoms with Gasteiger partial charge in [-0.3, -0.25) is 0 Å². The number of hydrogen-bond donors (Lipinski definition) is 1. The minimum Gasteiger partial charge on any atom is -0.330 e. The molecule has 1 aliphatic rings. The van der Waals surface area contributed by atoms with Gasteiger partial charge in [-0.25, -0.2) is 0 Å². The third-order valence-corrected chi connectivity index (χ3v) is 3.57. The van der Waals surface area contributed by atoms with E-state index in [9.17, 15) is 0 Å². The van der Waals surface area contributed by atoms with Crippen molar-refractivity contribution in [2.75, 3.05) is 11.9 Å². The quantitative estimate of drug-likeness (QED) is 0.768. The van der Waals surface area contributed by atoms with E-state index in [-0.39, 0.29) is 17.0 Å². The second kappa shape index (κ2) is 4.73. The summed E-state index contributed by atoms with van der Waals surface area (Å²) in [6.45, 7) is 0.859. The van der Waals surface area contributed by atoms with Gasteiger partial charge in [0.25, 0.3) is 0 Å². The highest BCUT2D eigenvalue weighted by molar-refractivity contribution is 9.09. The molecular formula is C7H15Br2N. The molecule has 0 aliphatic heterocycles. The van der Waals surface area contributed by atoms with Crippen LogP contribution in [-0.2, 0) is 0 Å². The van der Waals surface area contributed by atoms with Crippen LogP contribution in [-0.4, -0.2) is 11.9 Å². The third kappa shape index (κ3) is 2.21. The predicted octanol–water partition coefficient (Wildman–Crippen LogP) is 2.48. The Bertz CT molecular complexity index is 83.6. The van der Waals surface area contributed by atoms with E-state index in [4.69, 9.17) is 5.73 Å². The SMILES string of the molecule is Br.NCC1(CBr)CCCC1. The highest BCUT2D eigenvalue weighted by Gasteiger charge is 2.30. The fraction of sp³-hybridized carbons (Fsp3) is 1.00. The first kappa shape index (κ1) is 10.9. The summed E-state index contributed by atoms with van der Waals surface area (Å²) in [6.07, 6.45) is 5.41. The molecule has 0 aromatic rings. The van der Waals surface area contributed by atoms with Crippen LogP contribution in [0.1, 0.15) is 25.7 Å². The Morgan fingerprint density at radius 2 is 1.80 bits per heavy atom. The Morgan fingerprint density at radius 3 is 2.00 bits per heavy atom. The molecule has 0 aromatic heterocycles. The lowest BCUT2D eigenvalue weighted by Gasteiger charge is -2.23. The van der Waals surface area contributed by atoms with Gasteiger partial charge in [0.2, 0.25) is 0 Å². The number of nitrogens with two attached hydrogens (primary N) is 1. The number of hydrogen-bond acceptors (Lipinski definition) is 1. The number of alkyl halides is 1. The van der Waals surface area contributed by atoms with Gasteiger partial charge < -0.3 is 5.73 Å². The summed E-state index contributed by atoms with van der Waals surface area (Å²) in [5.74, 6) is 0. The summed E-state index contributed by atoms with van der Waals surface area (Å²) in [6, 6.07) is 0. The van der Waals surface area contributed by atoms with Crippen LogP contribution in [0, 0.1) is 5.41 Å². The molecule has 0 radical (unpaired) electrons. The van der Waals surface area contributed by atoms with Crippen molar-refractivity contribution in [1.29, 1.82) is 0 Å². The van der Waals surface area contributed by atoms with E-state index in [1.54, 1.807) is 0 Å². The van der Waals surface area contributed by atoms with Crippen molar-refractivity contribution in [2.45, 2.75) is 25.7 Å². The molecule has 0 unspecified atom stereocenters. The van der Waals surface area contributed by atoms with Crippen molar-refractivity contribution in [3.63, 3.8) is 0 Å². The molecule has 1 nitrogen and oxygen atoms in total. The van der Waals surface area contributed by atoms with Gasteiger partial charge in [0.1, 0.15) is 0 Å². The van der Waals surface area contributed by atoms with Crippen molar-refractivity contribution in [1.82, 2.24) is 0 Å². The Balaban J connectivity index is 0.000000810. The summed E-state index contributed by atoms with van der Waals surface area (Å²) in [4.78, 5) is 0. The molecule has 0 heterocycles. The van der Waals surface area contributed by atoms with Gasteiger partial charge in [0.15, 0.2) is 0 Å². The molecule has 10 heavy (non-hydrogen) atoms. The Morgan fingerprint density at radius 1 is 1.30 bits per heavy atom. The Labute approximate surface area is 81.6 Å². The molecule has 0 aromatic carbocycles. The summed E-state index contributed by atoms with van der Waals surface area (Å²) in [5, 5.41) is 1.09.